The zero-order valence-electron chi connectivity index (χ0n) is 10.8. The summed E-state index contributed by atoms with van der Waals surface area (Å²) >= 11 is 6.10. The number of nitrogens with one attached hydrogen (secondary N) is 1. The second-order valence-corrected chi connectivity index (χ2v) is 6.39. The van der Waals surface area contributed by atoms with Crippen molar-refractivity contribution in [2.45, 2.75) is 31.3 Å². The van der Waals surface area contributed by atoms with Gasteiger partial charge < -0.3 is 14.8 Å². The zero-order valence-corrected chi connectivity index (χ0v) is 11.6. The number of hydrogen-bond donors (Lipinski definition) is 1. The van der Waals surface area contributed by atoms with E-state index in [0.717, 1.165) is 31.7 Å². The minimum Gasteiger partial charge on any atom is -0.339 e. The topological polar surface area (TPSA) is 37.3 Å². The molecule has 3 aliphatic rings. The number of carbonyl (C=O) groups is 1. The number of amides is 1. The van der Waals surface area contributed by atoms with Crippen molar-refractivity contribution in [1.82, 2.24) is 14.8 Å². The molecule has 1 saturated carbocycles. The monoisotopic (exact) mass is 279 g/mol. The summed E-state index contributed by atoms with van der Waals surface area (Å²) in [7, 11) is 0. The van der Waals surface area contributed by atoms with Crippen molar-refractivity contribution in [3.8, 4) is 0 Å². The summed E-state index contributed by atoms with van der Waals surface area (Å²) < 4.78 is 2.08. The number of rotatable bonds is 2. The lowest BCUT2D eigenvalue weighted by Crippen LogP contribution is -2.39. The Morgan fingerprint density at radius 1 is 1.32 bits per heavy atom. The molecule has 5 heteroatoms. The number of hydrogen-bond acceptors (Lipinski definition) is 2. The Balaban J connectivity index is 1.63. The molecule has 1 aliphatic carbocycles. The van der Waals surface area contributed by atoms with Crippen molar-refractivity contribution in [2.24, 2.45) is 5.92 Å². The first kappa shape index (κ1) is 11.8. The summed E-state index contributed by atoms with van der Waals surface area (Å²) in [6.07, 6.45) is 5.37. The molecule has 3 heterocycles. The molecule has 3 fully saturated rings. The number of aromatic nitrogens is 1. The van der Waals surface area contributed by atoms with Gasteiger partial charge in [-0.25, -0.2) is 0 Å². The van der Waals surface area contributed by atoms with Crippen LogP contribution in [0, 0.1) is 5.92 Å². The fourth-order valence-electron chi connectivity index (χ4n) is 3.52. The van der Waals surface area contributed by atoms with Crippen LogP contribution in [0.1, 0.15) is 35.8 Å². The van der Waals surface area contributed by atoms with Gasteiger partial charge in [-0.1, -0.05) is 11.6 Å². The Hall–Kier alpha value is -1.00. The van der Waals surface area contributed by atoms with E-state index in [0.29, 0.717) is 23.0 Å². The van der Waals surface area contributed by atoms with E-state index in [4.69, 9.17) is 11.6 Å². The molecular weight excluding hydrogens is 262 g/mol. The highest BCUT2D eigenvalue weighted by atomic mass is 35.5. The summed E-state index contributed by atoms with van der Waals surface area (Å²) in [4.78, 5) is 14.8. The normalized spacial score (nSPS) is 29.8. The van der Waals surface area contributed by atoms with E-state index in [2.05, 4.69) is 14.8 Å². The fourth-order valence-corrected chi connectivity index (χ4v) is 3.73. The summed E-state index contributed by atoms with van der Waals surface area (Å²) in [5.74, 6) is 0.804. The average Bonchev–Trinajstić information content (AvgIpc) is 2.83. The van der Waals surface area contributed by atoms with Crippen LogP contribution in [0.5, 0.6) is 0 Å². The zero-order chi connectivity index (χ0) is 13.0. The van der Waals surface area contributed by atoms with Crippen LogP contribution in [0.15, 0.2) is 12.3 Å². The molecule has 4 rings (SSSR count). The van der Waals surface area contributed by atoms with Crippen LogP contribution in [0.2, 0.25) is 5.02 Å². The van der Waals surface area contributed by atoms with Crippen LogP contribution in [0.4, 0.5) is 0 Å². The lowest BCUT2D eigenvalue weighted by Gasteiger charge is -2.24. The van der Waals surface area contributed by atoms with Crippen molar-refractivity contribution in [1.29, 1.82) is 0 Å². The highest BCUT2D eigenvalue weighted by Crippen LogP contribution is 2.38. The highest BCUT2D eigenvalue weighted by Gasteiger charge is 2.41. The Morgan fingerprint density at radius 2 is 2.16 bits per heavy atom. The van der Waals surface area contributed by atoms with Crippen LogP contribution >= 0.6 is 11.6 Å². The third-order valence-electron chi connectivity index (χ3n) is 4.68. The van der Waals surface area contributed by atoms with E-state index in [-0.39, 0.29) is 5.91 Å². The molecule has 2 atom stereocenters. The van der Waals surface area contributed by atoms with Crippen molar-refractivity contribution in [3.63, 3.8) is 0 Å². The Morgan fingerprint density at radius 3 is 2.95 bits per heavy atom. The largest absolute Gasteiger partial charge is 0.339 e. The van der Waals surface area contributed by atoms with Crippen LogP contribution in [-0.2, 0) is 0 Å². The van der Waals surface area contributed by atoms with E-state index >= 15 is 0 Å². The van der Waals surface area contributed by atoms with Gasteiger partial charge in [0.15, 0.2) is 0 Å². The molecule has 1 aromatic heterocycles. The van der Waals surface area contributed by atoms with E-state index in [9.17, 15) is 4.79 Å². The molecule has 1 N–H and O–H groups in total. The van der Waals surface area contributed by atoms with Gasteiger partial charge in [0.25, 0.3) is 5.91 Å². The van der Waals surface area contributed by atoms with Gasteiger partial charge in [-0.05, 0) is 31.2 Å². The lowest BCUT2D eigenvalue weighted by atomic mass is 10.1. The smallest absolute Gasteiger partial charge is 0.270 e. The molecule has 2 saturated heterocycles. The van der Waals surface area contributed by atoms with Crippen molar-refractivity contribution in [2.75, 3.05) is 19.6 Å². The molecule has 102 valence electrons. The minimum absolute atomic E-state index is 0.162. The van der Waals surface area contributed by atoms with E-state index in [1.165, 1.54) is 12.8 Å². The predicted octanol–water partition coefficient (Wildman–Crippen LogP) is 1.91. The number of halogens is 1. The number of likely N-dealkylation sites (tertiary alicyclic amines) is 1. The van der Waals surface area contributed by atoms with Gasteiger partial charge in [-0.3, -0.25) is 4.79 Å². The number of nitrogens with zero attached hydrogens (tertiary/aromatic N) is 2. The van der Waals surface area contributed by atoms with Crippen molar-refractivity contribution < 1.29 is 4.79 Å². The molecule has 1 aromatic rings. The third-order valence-corrected chi connectivity index (χ3v) is 4.89. The first-order valence-corrected chi connectivity index (χ1v) is 7.51. The molecule has 0 spiro atoms. The van der Waals surface area contributed by atoms with Gasteiger partial charge in [-0.2, -0.15) is 0 Å². The Labute approximate surface area is 117 Å². The maximum atomic E-state index is 12.8. The quantitative estimate of drug-likeness (QED) is 0.898. The minimum atomic E-state index is 0.162. The second-order valence-electron chi connectivity index (χ2n) is 5.95. The molecule has 19 heavy (non-hydrogen) atoms. The molecule has 2 aliphatic heterocycles. The number of fused-ring (bicyclic) bond motifs is 1. The standard InChI is InChI=1S/C14H18ClN3O/c15-10-5-12(18(8-10)11-1-2-11)14(19)17-4-3-9-6-16-7-13(9)17/h5,8-9,11,13,16H,1-4,6-7H2/t9-,13+/m0/s1. The molecule has 0 bridgehead atoms. The van der Waals surface area contributed by atoms with Gasteiger partial charge in [0.05, 0.1) is 5.02 Å². The summed E-state index contributed by atoms with van der Waals surface area (Å²) in [5.41, 5.74) is 0.778. The van der Waals surface area contributed by atoms with E-state index < -0.39 is 0 Å². The van der Waals surface area contributed by atoms with Crippen LogP contribution in [-0.4, -0.2) is 41.1 Å². The SMILES string of the molecule is O=C(c1cc(Cl)cn1C1CC1)N1CC[C@H]2CNC[C@H]21. The van der Waals surface area contributed by atoms with Crippen molar-refractivity contribution in [3.05, 3.63) is 23.0 Å². The van der Waals surface area contributed by atoms with Gasteiger partial charge in [0.1, 0.15) is 5.69 Å². The molecule has 0 unspecified atom stereocenters. The molecular formula is C14H18ClN3O. The van der Waals surface area contributed by atoms with Crippen molar-refractivity contribution >= 4 is 17.5 Å². The summed E-state index contributed by atoms with van der Waals surface area (Å²) in [6.45, 7) is 2.89. The Bertz CT molecular complexity index is 523. The molecule has 0 radical (unpaired) electrons. The first-order chi connectivity index (χ1) is 9.24. The van der Waals surface area contributed by atoms with Gasteiger partial charge in [0.2, 0.25) is 0 Å². The van der Waals surface area contributed by atoms with Gasteiger partial charge in [0, 0.05) is 37.9 Å². The lowest BCUT2D eigenvalue weighted by molar-refractivity contribution is 0.0726. The highest BCUT2D eigenvalue weighted by molar-refractivity contribution is 6.31. The Kier molecular flexibility index (Phi) is 2.64. The number of carbonyl (C=O) groups excluding carboxylic acids is 1. The average molecular weight is 280 g/mol. The molecule has 0 aromatic carbocycles. The van der Waals surface area contributed by atoms with Crippen LogP contribution in [0.25, 0.3) is 0 Å². The molecule has 1 amide bonds. The van der Waals surface area contributed by atoms with E-state index in [1.54, 1.807) is 0 Å². The van der Waals surface area contributed by atoms with Gasteiger partial charge in [-0.15, -0.1) is 0 Å². The first-order valence-electron chi connectivity index (χ1n) is 7.13. The maximum absolute atomic E-state index is 12.8. The third kappa shape index (κ3) is 1.89. The second kappa shape index (κ2) is 4.25. The summed E-state index contributed by atoms with van der Waals surface area (Å²) in [5, 5.41) is 4.07. The summed E-state index contributed by atoms with van der Waals surface area (Å²) in [6, 6.07) is 2.71. The molecule has 4 nitrogen and oxygen atoms in total. The van der Waals surface area contributed by atoms with Crippen LogP contribution in [0.3, 0.4) is 0 Å². The fraction of sp³-hybridized carbons (Fsp3) is 0.643. The maximum Gasteiger partial charge on any atom is 0.270 e. The van der Waals surface area contributed by atoms with Crippen LogP contribution < -0.4 is 5.32 Å². The van der Waals surface area contributed by atoms with Gasteiger partial charge >= 0.3 is 0 Å². The van der Waals surface area contributed by atoms with E-state index in [1.807, 2.05) is 12.3 Å². The predicted molar refractivity (Wildman–Crippen MR) is 73.5 cm³/mol.